The monoisotopic (exact) mass is 344 g/mol. The summed E-state index contributed by atoms with van der Waals surface area (Å²) >= 11 is 0. The first kappa shape index (κ1) is 15.3. The largest absolute Gasteiger partial charge is 0.338 e. The smallest absolute Gasteiger partial charge is 0.253 e. The van der Waals surface area contributed by atoms with Gasteiger partial charge in [0.25, 0.3) is 5.91 Å². The van der Waals surface area contributed by atoms with E-state index in [2.05, 4.69) is 29.2 Å². The number of carbonyl (C=O) groups excluding carboxylic acids is 1. The Bertz CT molecular complexity index is 964. The van der Waals surface area contributed by atoms with Crippen LogP contribution in [0.5, 0.6) is 0 Å². The van der Waals surface area contributed by atoms with E-state index in [1.165, 1.54) is 11.3 Å². The summed E-state index contributed by atoms with van der Waals surface area (Å²) in [6, 6.07) is 14.0. The number of pyridine rings is 1. The number of hydrogen-bond donors (Lipinski definition) is 0. The summed E-state index contributed by atoms with van der Waals surface area (Å²) in [5, 5.41) is 4.80. The molecule has 1 saturated heterocycles. The van der Waals surface area contributed by atoms with Gasteiger partial charge in [-0.2, -0.15) is 5.10 Å². The molecule has 2 aromatic heterocycles. The fourth-order valence-corrected chi connectivity index (χ4v) is 4.51. The lowest BCUT2D eigenvalue weighted by Crippen LogP contribution is -2.29. The first-order valence-corrected chi connectivity index (χ1v) is 9.03. The molecule has 0 radical (unpaired) electrons. The zero-order chi connectivity index (χ0) is 17.7. The Hall–Kier alpha value is -2.95. The fourth-order valence-electron chi connectivity index (χ4n) is 4.51. The van der Waals surface area contributed by atoms with Crippen LogP contribution in [0, 0.1) is 5.92 Å². The van der Waals surface area contributed by atoms with Gasteiger partial charge in [0.2, 0.25) is 0 Å². The van der Waals surface area contributed by atoms with Crippen molar-refractivity contribution in [2.24, 2.45) is 13.0 Å². The number of likely N-dealkylation sites (tertiary alicyclic amines) is 1. The second kappa shape index (κ2) is 5.80. The van der Waals surface area contributed by atoms with Gasteiger partial charge in [-0.3, -0.25) is 14.5 Å². The molecule has 0 N–H and O–H groups in total. The SMILES string of the molecule is Cn1nc(-c2ccccc2)c2c1C[C@H]1CN(C(=O)c3ccncc3)C[C@@H]21. The Balaban J connectivity index is 1.48. The lowest BCUT2D eigenvalue weighted by atomic mass is 9.94. The van der Waals surface area contributed by atoms with Crippen LogP contribution >= 0.6 is 0 Å². The van der Waals surface area contributed by atoms with E-state index in [4.69, 9.17) is 5.10 Å². The van der Waals surface area contributed by atoms with Gasteiger partial charge in [0.05, 0.1) is 5.69 Å². The molecule has 5 nitrogen and oxygen atoms in total. The summed E-state index contributed by atoms with van der Waals surface area (Å²) in [5.41, 5.74) is 5.62. The van der Waals surface area contributed by atoms with Gasteiger partial charge in [-0.1, -0.05) is 30.3 Å². The zero-order valence-corrected chi connectivity index (χ0v) is 14.7. The third-order valence-corrected chi connectivity index (χ3v) is 5.74. The zero-order valence-electron chi connectivity index (χ0n) is 14.7. The molecule has 1 aromatic carbocycles. The summed E-state index contributed by atoms with van der Waals surface area (Å²) in [7, 11) is 2.03. The van der Waals surface area contributed by atoms with E-state index in [-0.39, 0.29) is 5.91 Å². The van der Waals surface area contributed by atoms with Gasteiger partial charge in [-0.05, 0) is 24.5 Å². The minimum Gasteiger partial charge on any atom is -0.338 e. The molecule has 1 aliphatic carbocycles. The van der Waals surface area contributed by atoms with Crippen LogP contribution in [-0.2, 0) is 13.5 Å². The van der Waals surface area contributed by atoms with E-state index >= 15 is 0 Å². The van der Waals surface area contributed by atoms with Crippen molar-refractivity contribution < 1.29 is 4.79 Å². The molecule has 0 spiro atoms. The van der Waals surface area contributed by atoms with Crippen molar-refractivity contribution in [3.8, 4) is 11.3 Å². The Kier molecular flexibility index (Phi) is 3.42. The van der Waals surface area contributed by atoms with Crippen LogP contribution in [-0.4, -0.2) is 38.7 Å². The van der Waals surface area contributed by atoms with Crippen molar-refractivity contribution in [2.75, 3.05) is 13.1 Å². The highest BCUT2D eigenvalue weighted by Crippen LogP contribution is 2.47. The first-order valence-electron chi connectivity index (χ1n) is 9.03. The van der Waals surface area contributed by atoms with Gasteiger partial charge >= 0.3 is 0 Å². The Morgan fingerprint density at radius 1 is 1.08 bits per heavy atom. The van der Waals surface area contributed by atoms with Crippen molar-refractivity contribution in [3.05, 3.63) is 71.7 Å². The minimum atomic E-state index is 0.105. The highest BCUT2D eigenvalue weighted by Gasteiger charge is 2.45. The molecule has 0 unspecified atom stereocenters. The molecule has 1 fully saturated rings. The Morgan fingerprint density at radius 2 is 1.85 bits per heavy atom. The highest BCUT2D eigenvalue weighted by molar-refractivity contribution is 5.94. The number of aryl methyl sites for hydroxylation is 1. The molecular weight excluding hydrogens is 324 g/mol. The van der Waals surface area contributed by atoms with Crippen LogP contribution in [0.3, 0.4) is 0 Å². The molecule has 2 atom stereocenters. The molecule has 2 aliphatic rings. The first-order chi connectivity index (χ1) is 12.7. The lowest BCUT2D eigenvalue weighted by Gasteiger charge is -2.17. The predicted molar refractivity (Wildman–Crippen MR) is 98.7 cm³/mol. The Morgan fingerprint density at radius 3 is 2.62 bits per heavy atom. The van der Waals surface area contributed by atoms with Gasteiger partial charge in [-0.15, -0.1) is 0 Å². The third-order valence-electron chi connectivity index (χ3n) is 5.74. The number of carbonyl (C=O) groups is 1. The summed E-state index contributed by atoms with van der Waals surface area (Å²) in [5.74, 6) is 0.968. The number of amides is 1. The summed E-state index contributed by atoms with van der Waals surface area (Å²) < 4.78 is 2.03. The van der Waals surface area contributed by atoms with E-state index < -0.39 is 0 Å². The topological polar surface area (TPSA) is 51.0 Å². The van der Waals surface area contributed by atoms with Crippen molar-refractivity contribution in [1.29, 1.82) is 0 Å². The van der Waals surface area contributed by atoms with E-state index in [0.29, 0.717) is 11.8 Å². The van der Waals surface area contributed by atoms with Crippen LogP contribution in [0.4, 0.5) is 0 Å². The third kappa shape index (κ3) is 2.27. The van der Waals surface area contributed by atoms with Crippen LogP contribution in [0.2, 0.25) is 0 Å². The number of nitrogens with zero attached hydrogens (tertiary/aromatic N) is 4. The maximum absolute atomic E-state index is 12.8. The van der Waals surface area contributed by atoms with E-state index in [9.17, 15) is 4.79 Å². The van der Waals surface area contributed by atoms with E-state index in [0.717, 1.165) is 36.3 Å². The number of rotatable bonds is 2. The van der Waals surface area contributed by atoms with Crippen molar-refractivity contribution in [1.82, 2.24) is 19.7 Å². The number of hydrogen-bond acceptors (Lipinski definition) is 3. The standard InChI is InChI=1S/C21H20N4O/c1-24-18-11-16-12-25(21(26)15-7-9-22-10-8-15)13-17(16)19(18)20(23-24)14-5-3-2-4-6-14/h2-10,16-17H,11-13H2,1H3/t16-,17+/m0/s1. The quantitative estimate of drug-likeness (QED) is 0.718. The molecule has 1 amide bonds. The maximum Gasteiger partial charge on any atom is 0.253 e. The predicted octanol–water partition coefficient (Wildman–Crippen LogP) is 2.89. The molecule has 26 heavy (non-hydrogen) atoms. The summed E-state index contributed by atoms with van der Waals surface area (Å²) in [6.07, 6.45) is 4.35. The van der Waals surface area contributed by atoms with E-state index in [1.807, 2.05) is 22.7 Å². The van der Waals surface area contributed by atoms with Crippen molar-refractivity contribution in [3.63, 3.8) is 0 Å². The van der Waals surface area contributed by atoms with Gasteiger partial charge in [0, 0.05) is 60.8 Å². The number of aromatic nitrogens is 3. The molecule has 130 valence electrons. The van der Waals surface area contributed by atoms with Crippen LogP contribution in [0.15, 0.2) is 54.9 Å². The van der Waals surface area contributed by atoms with Crippen molar-refractivity contribution in [2.45, 2.75) is 12.3 Å². The maximum atomic E-state index is 12.8. The summed E-state index contributed by atoms with van der Waals surface area (Å²) in [6.45, 7) is 1.58. The van der Waals surface area contributed by atoms with Gasteiger partial charge < -0.3 is 4.90 Å². The normalized spacial score (nSPS) is 20.9. The highest BCUT2D eigenvalue weighted by atomic mass is 16.2. The van der Waals surface area contributed by atoms with Crippen LogP contribution in [0.1, 0.15) is 27.5 Å². The molecule has 3 heterocycles. The minimum absolute atomic E-state index is 0.105. The second-order valence-electron chi connectivity index (χ2n) is 7.22. The second-order valence-corrected chi connectivity index (χ2v) is 7.22. The van der Waals surface area contributed by atoms with E-state index in [1.54, 1.807) is 24.5 Å². The molecule has 0 saturated carbocycles. The molecule has 1 aliphatic heterocycles. The van der Waals surface area contributed by atoms with Crippen molar-refractivity contribution >= 4 is 5.91 Å². The average Bonchev–Trinajstić information content (AvgIpc) is 3.33. The van der Waals surface area contributed by atoms with Crippen LogP contribution < -0.4 is 0 Å². The van der Waals surface area contributed by atoms with Gasteiger partial charge in [-0.25, -0.2) is 0 Å². The molecule has 5 rings (SSSR count). The average molecular weight is 344 g/mol. The number of fused-ring (bicyclic) bond motifs is 3. The fraction of sp³-hybridized carbons (Fsp3) is 0.286. The van der Waals surface area contributed by atoms with Crippen LogP contribution in [0.25, 0.3) is 11.3 Å². The Labute approximate surface area is 152 Å². The molecule has 0 bridgehead atoms. The molecular formula is C21H20N4O. The van der Waals surface area contributed by atoms with Gasteiger partial charge in [0.1, 0.15) is 0 Å². The number of benzene rings is 1. The lowest BCUT2D eigenvalue weighted by molar-refractivity contribution is 0.0785. The summed E-state index contributed by atoms with van der Waals surface area (Å²) in [4.78, 5) is 18.8. The molecule has 5 heteroatoms. The molecule has 3 aromatic rings. The van der Waals surface area contributed by atoms with Gasteiger partial charge in [0.15, 0.2) is 0 Å².